The van der Waals surface area contributed by atoms with Crippen LogP contribution in [0.1, 0.15) is 30.5 Å². The summed E-state index contributed by atoms with van der Waals surface area (Å²) < 4.78 is 17.6. The third-order valence-electron chi connectivity index (χ3n) is 7.67. The van der Waals surface area contributed by atoms with Crippen LogP contribution >= 0.6 is 0 Å². The number of fused-ring (bicyclic) bond motifs is 2. The number of imidazole rings is 1. The number of hydrogen-bond donors (Lipinski definition) is 2. The van der Waals surface area contributed by atoms with Crippen molar-refractivity contribution in [3.63, 3.8) is 0 Å². The quantitative estimate of drug-likeness (QED) is 0.349. The van der Waals surface area contributed by atoms with Gasteiger partial charge >= 0.3 is 0 Å². The SMILES string of the molecule is CN(C)c1cc(-c2cn(Cc3cn4cc(CNCC56CC(F)(C5)C6)ccc4n3)nn2)c2cn[nH]c2c1. The molecule has 2 bridgehead atoms. The summed E-state index contributed by atoms with van der Waals surface area (Å²) in [7, 11) is 4.03. The van der Waals surface area contributed by atoms with Gasteiger partial charge in [0.15, 0.2) is 0 Å². The molecule has 0 amide bonds. The van der Waals surface area contributed by atoms with Crippen molar-refractivity contribution in [2.75, 3.05) is 25.5 Å². The van der Waals surface area contributed by atoms with Crippen molar-refractivity contribution in [1.29, 1.82) is 0 Å². The van der Waals surface area contributed by atoms with Crippen molar-refractivity contribution >= 4 is 22.2 Å². The first-order valence-corrected chi connectivity index (χ1v) is 12.3. The molecule has 36 heavy (non-hydrogen) atoms. The monoisotopic (exact) mass is 485 g/mol. The van der Waals surface area contributed by atoms with E-state index in [0.717, 1.165) is 71.5 Å². The second kappa shape index (κ2) is 7.60. The van der Waals surface area contributed by atoms with E-state index < -0.39 is 5.67 Å². The maximum Gasteiger partial charge on any atom is 0.137 e. The molecule has 9 nitrogen and oxygen atoms in total. The topological polar surface area (TPSA) is 92.0 Å². The van der Waals surface area contributed by atoms with Gasteiger partial charge in [0.1, 0.15) is 17.0 Å². The van der Waals surface area contributed by atoms with E-state index in [4.69, 9.17) is 4.98 Å². The Bertz CT molecular complexity index is 1570. The van der Waals surface area contributed by atoms with Crippen LogP contribution in [0.4, 0.5) is 10.1 Å². The number of pyridine rings is 1. The molecule has 8 rings (SSSR count). The largest absolute Gasteiger partial charge is 0.378 e. The van der Waals surface area contributed by atoms with E-state index in [1.807, 2.05) is 43.4 Å². The van der Waals surface area contributed by atoms with Crippen molar-refractivity contribution in [1.82, 2.24) is 39.9 Å². The highest BCUT2D eigenvalue weighted by atomic mass is 19.1. The normalized spacial score (nSPS) is 22.6. The number of nitrogens with zero attached hydrogens (tertiary/aromatic N) is 7. The minimum Gasteiger partial charge on any atom is -0.378 e. The van der Waals surface area contributed by atoms with Crippen LogP contribution in [0.3, 0.4) is 0 Å². The molecule has 4 heterocycles. The van der Waals surface area contributed by atoms with Crippen molar-refractivity contribution in [3.05, 3.63) is 60.3 Å². The molecular formula is C26H28FN9. The summed E-state index contributed by atoms with van der Waals surface area (Å²) in [6.07, 6.45) is 10.1. The van der Waals surface area contributed by atoms with Gasteiger partial charge in [-0.1, -0.05) is 11.3 Å². The number of hydrogen-bond acceptors (Lipinski definition) is 6. The Labute approximate surface area is 207 Å². The molecule has 10 heteroatoms. The van der Waals surface area contributed by atoms with Crippen LogP contribution in [-0.2, 0) is 13.1 Å². The van der Waals surface area contributed by atoms with Gasteiger partial charge in [-0.15, -0.1) is 5.10 Å². The van der Waals surface area contributed by atoms with Crippen LogP contribution in [0.25, 0.3) is 27.8 Å². The van der Waals surface area contributed by atoms with E-state index >= 15 is 0 Å². The lowest BCUT2D eigenvalue weighted by Crippen LogP contribution is -2.67. The Morgan fingerprint density at radius 3 is 2.81 bits per heavy atom. The molecule has 0 unspecified atom stereocenters. The highest BCUT2D eigenvalue weighted by Crippen LogP contribution is 2.69. The number of anilines is 1. The molecule has 3 fully saturated rings. The Kier molecular flexibility index (Phi) is 4.54. The van der Waals surface area contributed by atoms with E-state index in [9.17, 15) is 4.39 Å². The summed E-state index contributed by atoms with van der Waals surface area (Å²) in [5, 5.41) is 20.6. The van der Waals surface area contributed by atoms with Crippen LogP contribution in [0, 0.1) is 5.41 Å². The number of nitrogens with one attached hydrogen (secondary N) is 2. The molecule has 5 aromatic rings. The number of aromatic nitrogens is 7. The Morgan fingerprint density at radius 1 is 1.14 bits per heavy atom. The lowest BCUT2D eigenvalue weighted by atomic mass is 9.42. The maximum absolute atomic E-state index is 13.7. The summed E-state index contributed by atoms with van der Waals surface area (Å²) in [6.45, 7) is 2.19. The number of alkyl halides is 1. The second-order valence-electron chi connectivity index (χ2n) is 10.8. The molecule has 0 saturated heterocycles. The van der Waals surface area contributed by atoms with Gasteiger partial charge < -0.3 is 14.6 Å². The molecule has 0 aliphatic heterocycles. The van der Waals surface area contributed by atoms with Gasteiger partial charge in [-0.05, 0) is 48.4 Å². The Morgan fingerprint density at radius 2 is 2.00 bits per heavy atom. The van der Waals surface area contributed by atoms with Gasteiger partial charge in [0.2, 0.25) is 0 Å². The average molecular weight is 486 g/mol. The van der Waals surface area contributed by atoms with Gasteiger partial charge in [-0.3, -0.25) is 5.10 Å². The standard InChI is InChI=1S/C26H28FN9/c1-34(2)19-5-20(21-8-29-31-22(21)6-19)23-12-36(33-32-23)11-18-10-35-9-17(3-4-24(35)30-18)7-28-16-25-13-26(27,14-25)15-25/h3-6,8-10,12,28H,7,11,13-16H2,1-2H3,(H,29,31). The maximum atomic E-state index is 13.7. The van der Waals surface area contributed by atoms with E-state index in [-0.39, 0.29) is 5.41 Å². The fourth-order valence-electron chi connectivity index (χ4n) is 5.96. The van der Waals surface area contributed by atoms with E-state index in [0.29, 0.717) is 6.54 Å². The number of rotatable bonds is 8. The minimum atomic E-state index is -0.833. The second-order valence-corrected chi connectivity index (χ2v) is 10.8. The summed E-state index contributed by atoms with van der Waals surface area (Å²) in [5.41, 5.74) is 6.19. The summed E-state index contributed by atoms with van der Waals surface area (Å²) >= 11 is 0. The highest BCUT2D eigenvalue weighted by molar-refractivity contribution is 5.96. The fraction of sp³-hybridized carbons (Fsp3) is 0.385. The third-order valence-corrected chi connectivity index (χ3v) is 7.67. The Hall–Kier alpha value is -3.79. The van der Waals surface area contributed by atoms with E-state index in [1.54, 1.807) is 0 Å². The third kappa shape index (κ3) is 3.55. The molecule has 2 N–H and O–H groups in total. The molecule has 3 aliphatic rings. The first kappa shape index (κ1) is 21.5. The van der Waals surface area contributed by atoms with Crippen LogP contribution < -0.4 is 10.2 Å². The smallest absolute Gasteiger partial charge is 0.137 e. The van der Waals surface area contributed by atoms with Crippen molar-refractivity contribution < 1.29 is 4.39 Å². The molecule has 4 aromatic heterocycles. The summed E-state index contributed by atoms with van der Waals surface area (Å²) in [4.78, 5) is 6.82. The molecule has 184 valence electrons. The molecule has 3 aliphatic carbocycles. The predicted octanol–water partition coefficient (Wildman–Crippen LogP) is 3.57. The average Bonchev–Trinajstić information content (AvgIpc) is 3.55. The molecule has 0 spiro atoms. The Balaban J connectivity index is 1.06. The van der Waals surface area contributed by atoms with Crippen molar-refractivity contribution in [3.8, 4) is 11.3 Å². The zero-order valence-corrected chi connectivity index (χ0v) is 20.4. The summed E-state index contributed by atoms with van der Waals surface area (Å²) in [5.74, 6) is 0. The lowest BCUT2D eigenvalue weighted by molar-refractivity contribution is -0.209. The molecule has 1 aromatic carbocycles. The van der Waals surface area contributed by atoms with E-state index in [2.05, 4.69) is 59.5 Å². The fourth-order valence-corrected chi connectivity index (χ4v) is 5.96. The van der Waals surface area contributed by atoms with Crippen LogP contribution in [0.5, 0.6) is 0 Å². The summed E-state index contributed by atoms with van der Waals surface area (Å²) in [6, 6.07) is 8.31. The first-order chi connectivity index (χ1) is 17.4. The minimum absolute atomic E-state index is 0.217. The van der Waals surface area contributed by atoms with Gasteiger partial charge in [-0.25, -0.2) is 14.1 Å². The van der Waals surface area contributed by atoms with Crippen LogP contribution in [-0.4, -0.2) is 60.9 Å². The molecule has 0 atom stereocenters. The van der Waals surface area contributed by atoms with E-state index in [1.165, 1.54) is 5.56 Å². The number of aromatic amines is 1. The molecule has 3 saturated carbocycles. The number of benzene rings is 1. The van der Waals surface area contributed by atoms with Gasteiger partial charge in [0, 0.05) is 56.2 Å². The van der Waals surface area contributed by atoms with Gasteiger partial charge in [0.25, 0.3) is 0 Å². The molecule has 0 radical (unpaired) electrons. The van der Waals surface area contributed by atoms with Gasteiger partial charge in [-0.2, -0.15) is 5.10 Å². The number of H-pyrrole nitrogens is 1. The lowest BCUT2D eigenvalue weighted by Gasteiger charge is -2.66. The zero-order valence-electron chi connectivity index (χ0n) is 20.4. The van der Waals surface area contributed by atoms with Crippen molar-refractivity contribution in [2.45, 2.75) is 38.0 Å². The predicted molar refractivity (Wildman–Crippen MR) is 136 cm³/mol. The highest BCUT2D eigenvalue weighted by Gasteiger charge is 2.68. The first-order valence-electron chi connectivity index (χ1n) is 12.3. The van der Waals surface area contributed by atoms with Crippen LogP contribution in [0.15, 0.2) is 49.1 Å². The van der Waals surface area contributed by atoms with Crippen LogP contribution in [0.2, 0.25) is 0 Å². The number of halogens is 1. The molecular weight excluding hydrogens is 457 g/mol. The van der Waals surface area contributed by atoms with Crippen molar-refractivity contribution in [2.24, 2.45) is 5.41 Å². The zero-order chi connectivity index (χ0) is 24.5. The van der Waals surface area contributed by atoms with Gasteiger partial charge in [0.05, 0.1) is 30.1 Å².